The van der Waals surface area contributed by atoms with Crippen LogP contribution in [0.15, 0.2) is 24.3 Å². The highest BCUT2D eigenvalue weighted by atomic mass is 16.6. The van der Waals surface area contributed by atoms with Gasteiger partial charge in [0, 0.05) is 18.2 Å². The number of benzene rings is 1. The number of hydrogen-bond donors (Lipinski definition) is 1. The van der Waals surface area contributed by atoms with Gasteiger partial charge in [-0.1, -0.05) is 27.7 Å². The van der Waals surface area contributed by atoms with Gasteiger partial charge in [-0.05, 0) is 36.6 Å². The van der Waals surface area contributed by atoms with Crippen LogP contribution in [0.1, 0.15) is 34.1 Å². The Morgan fingerprint density at radius 2 is 1.33 bits per heavy atom. The third kappa shape index (κ3) is 12.4. The maximum atomic E-state index is 11.6. The Balaban J connectivity index is 1.97. The van der Waals surface area contributed by atoms with Crippen LogP contribution in [0.3, 0.4) is 0 Å². The molecule has 1 amide bonds. The SMILES string of the molecule is CC(C)CCOCCOCCOCCOc1ccc(NC(=O)C(C)C)cc1. The zero-order valence-electron chi connectivity index (χ0n) is 17.2. The Bertz CT molecular complexity index is 502. The summed E-state index contributed by atoms with van der Waals surface area (Å²) in [7, 11) is 0. The monoisotopic (exact) mass is 381 g/mol. The summed E-state index contributed by atoms with van der Waals surface area (Å²) < 4.78 is 22.0. The Morgan fingerprint density at radius 3 is 1.85 bits per heavy atom. The Labute approximate surface area is 163 Å². The molecule has 0 aliphatic heterocycles. The lowest BCUT2D eigenvalue weighted by Gasteiger charge is -2.10. The van der Waals surface area contributed by atoms with Crippen molar-refractivity contribution in [3.63, 3.8) is 0 Å². The summed E-state index contributed by atoms with van der Waals surface area (Å²) in [6.07, 6.45) is 1.08. The normalized spacial score (nSPS) is 11.2. The van der Waals surface area contributed by atoms with Crippen LogP contribution in [0.25, 0.3) is 0 Å². The Morgan fingerprint density at radius 1 is 0.815 bits per heavy atom. The van der Waals surface area contributed by atoms with Crippen molar-refractivity contribution in [2.24, 2.45) is 11.8 Å². The van der Waals surface area contributed by atoms with Crippen molar-refractivity contribution in [2.75, 3.05) is 51.6 Å². The first-order valence-corrected chi connectivity index (χ1v) is 9.76. The van der Waals surface area contributed by atoms with Crippen LogP contribution in [0.2, 0.25) is 0 Å². The lowest BCUT2D eigenvalue weighted by Crippen LogP contribution is -2.17. The first-order valence-electron chi connectivity index (χ1n) is 9.76. The van der Waals surface area contributed by atoms with E-state index < -0.39 is 0 Å². The predicted molar refractivity (Wildman–Crippen MR) is 107 cm³/mol. The van der Waals surface area contributed by atoms with Gasteiger partial charge in [0.2, 0.25) is 5.91 Å². The number of anilines is 1. The van der Waals surface area contributed by atoms with Gasteiger partial charge in [-0.3, -0.25) is 4.79 Å². The van der Waals surface area contributed by atoms with Crippen molar-refractivity contribution in [1.82, 2.24) is 0 Å². The molecule has 0 saturated carbocycles. The molecule has 1 rings (SSSR count). The molecule has 0 aliphatic carbocycles. The van der Waals surface area contributed by atoms with Crippen LogP contribution in [-0.4, -0.2) is 52.2 Å². The van der Waals surface area contributed by atoms with E-state index in [0.29, 0.717) is 45.6 Å². The number of amides is 1. The maximum Gasteiger partial charge on any atom is 0.226 e. The molecular weight excluding hydrogens is 346 g/mol. The first-order chi connectivity index (χ1) is 13.0. The summed E-state index contributed by atoms with van der Waals surface area (Å²) in [6.45, 7) is 12.2. The van der Waals surface area contributed by atoms with Crippen molar-refractivity contribution >= 4 is 11.6 Å². The molecule has 6 heteroatoms. The predicted octanol–water partition coefficient (Wildman–Crippen LogP) is 3.76. The minimum Gasteiger partial charge on any atom is -0.491 e. The second kappa shape index (κ2) is 14.4. The first kappa shape index (κ1) is 23.4. The van der Waals surface area contributed by atoms with E-state index in [1.54, 1.807) is 0 Å². The second-order valence-electron chi connectivity index (χ2n) is 7.04. The fourth-order valence-corrected chi connectivity index (χ4v) is 2.00. The van der Waals surface area contributed by atoms with Gasteiger partial charge in [0.05, 0.1) is 33.0 Å². The van der Waals surface area contributed by atoms with Gasteiger partial charge < -0.3 is 24.3 Å². The van der Waals surface area contributed by atoms with Crippen molar-refractivity contribution in [1.29, 1.82) is 0 Å². The molecule has 1 N–H and O–H groups in total. The highest BCUT2D eigenvalue weighted by Gasteiger charge is 2.06. The summed E-state index contributed by atoms with van der Waals surface area (Å²) in [5, 5.41) is 2.84. The van der Waals surface area contributed by atoms with Crippen LogP contribution in [-0.2, 0) is 19.0 Å². The van der Waals surface area contributed by atoms with E-state index in [-0.39, 0.29) is 11.8 Å². The number of nitrogens with one attached hydrogen (secondary N) is 1. The van der Waals surface area contributed by atoms with E-state index >= 15 is 0 Å². The highest BCUT2D eigenvalue weighted by molar-refractivity contribution is 5.92. The van der Waals surface area contributed by atoms with Crippen LogP contribution < -0.4 is 10.1 Å². The van der Waals surface area contributed by atoms with E-state index in [0.717, 1.165) is 24.5 Å². The molecule has 1 aromatic rings. The van der Waals surface area contributed by atoms with Crippen LogP contribution in [0.4, 0.5) is 5.69 Å². The second-order valence-corrected chi connectivity index (χ2v) is 7.04. The van der Waals surface area contributed by atoms with Crippen molar-refractivity contribution < 1.29 is 23.7 Å². The molecule has 0 unspecified atom stereocenters. The van der Waals surface area contributed by atoms with Gasteiger partial charge in [-0.15, -0.1) is 0 Å². The van der Waals surface area contributed by atoms with Crippen molar-refractivity contribution in [3.05, 3.63) is 24.3 Å². The van der Waals surface area contributed by atoms with Crippen LogP contribution >= 0.6 is 0 Å². The molecule has 0 bridgehead atoms. The van der Waals surface area contributed by atoms with Crippen molar-refractivity contribution in [3.8, 4) is 5.75 Å². The lowest BCUT2D eigenvalue weighted by atomic mass is 10.1. The van der Waals surface area contributed by atoms with Gasteiger partial charge >= 0.3 is 0 Å². The molecule has 0 radical (unpaired) electrons. The third-order valence-electron chi connectivity index (χ3n) is 3.73. The summed E-state index contributed by atoms with van der Waals surface area (Å²) in [5.41, 5.74) is 0.766. The minimum absolute atomic E-state index is 0.00130. The van der Waals surface area contributed by atoms with Crippen LogP contribution in [0.5, 0.6) is 5.75 Å². The molecule has 0 spiro atoms. The molecule has 0 saturated heterocycles. The third-order valence-corrected chi connectivity index (χ3v) is 3.73. The number of ether oxygens (including phenoxy) is 4. The van der Waals surface area contributed by atoms with E-state index in [2.05, 4.69) is 19.2 Å². The fraction of sp³-hybridized carbons (Fsp3) is 0.667. The minimum atomic E-state index is -0.0422. The quantitative estimate of drug-likeness (QED) is 0.469. The summed E-state index contributed by atoms with van der Waals surface area (Å²) >= 11 is 0. The molecule has 0 fully saturated rings. The number of hydrogen-bond acceptors (Lipinski definition) is 5. The molecule has 0 heterocycles. The molecule has 27 heavy (non-hydrogen) atoms. The fourth-order valence-electron chi connectivity index (χ4n) is 2.00. The molecule has 0 aromatic heterocycles. The van der Waals surface area contributed by atoms with Crippen molar-refractivity contribution in [2.45, 2.75) is 34.1 Å². The van der Waals surface area contributed by atoms with Crippen LogP contribution in [0, 0.1) is 11.8 Å². The van der Waals surface area contributed by atoms with E-state index in [9.17, 15) is 4.79 Å². The highest BCUT2D eigenvalue weighted by Crippen LogP contribution is 2.16. The zero-order chi connectivity index (χ0) is 19.9. The number of rotatable bonds is 15. The number of carbonyl (C=O) groups excluding carboxylic acids is 1. The topological polar surface area (TPSA) is 66.0 Å². The van der Waals surface area contributed by atoms with Gasteiger partial charge in [0.1, 0.15) is 12.4 Å². The molecule has 0 aliphatic rings. The smallest absolute Gasteiger partial charge is 0.226 e. The molecular formula is C21H35NO5. The zero-order valence-corrected chi connectivity index (χ0v) is 17.2. The molecule has 0 atom stereocenters. The van der Waals surface area contributed by atoms with Gasteiger partial charge in [0.25, 0.3) is 0 Å². The largest absolute Gasteiger partial charge is 0.491 e. The van der Waals surface area contributed by atoms with E-state index in [4.69, 9.17) is 18.9 Å². The van der Waals surface area contributed by atoms with E-state index in [1.165, 1.54) is 0 Å². The number of carbonyl (C=O) groups is 1. The Kier molecular flexibility index (Phi) is 12.5. The van der Waals surface area contributed by atoms with Gasteiger partial charge in [0.15, 0.2) is 0 Å². The lowest BCUT2D eigenvalue weighted by molar-refractivity contribution is -0.118. The summed E-state index contributed by atoms with van der Waals surface area (Å²) in [5.74, 6) is 1.38. The van der Waals surface area contributed by atoms with Gasteiger partial charge in [-0.2, -0.15) is 0 Å². The average Bonchev–Trinajstić information content (AvgIpc) is 2.63. The summed E-state index contributed by atoms with van der Waals surface area (Å²) in [4.78, 5) is 11.6. The maximum absolute atomic E-state index is 11.6. The molecule has 154 valence electrons. The molecule has 1 aromatic carbocycles. The van der Waals surface area contributed by atoms with E-state index in [1.807, 2.05) is 38.1 Å². The standard InChI is InChI=1S/C21H35NO5/c1-17(2)9-10-24-11-12-25-13-14-26-15-16-27-20-7-5-19(6-8-20)22-21(23)18(3)4/h5-8,17-18H,9-16H2,1-4H3,(H,22,23). The Hall–Kier alpha value is -1.63. The van der Waals surface area contributed by atoms with Gasteiger partial charge in [-0.25, -0.2) is 0 Å². The average molecular weight is 382 g/mol. The summed E-state index contributed by atoms with van der Waals surface area (Å²) in [6, 6.07) is 7.32. The molecule has 6 nitrogen and oxygen atoms in total.